The number of amides is 2. The second-order valence-electron chi connectivity index (χ2n) is 6.15. The number of carbonyl (C=O) groups excluding carboxylic acids is 2. The molecular weight excluding hydrogens is 334 g/mol. The van der Waals surface area contributed by atoms with Gasteiger partial charge < -0.3 is 9.80 Å². The van der Waals surface area contributed by atoms with Crippen molar-refractivity contribution in [2.75, 3.05) is 13.1 Å². The molecule has 2 aliphatic heterocycles. The molecule has 2 aliphatic rings. The van der Waals surface area contributed by atoms with E-state index in [1.54, 1.807) is 11.8 Å². The van der Waals surface area contributed by atoms with Gasteiger partial charge in [0, 0.05) is 13.1 Å². The summed E-state index contributed by atoms with van der Waals surface area (Å²) in [7, 11) is 0. The molecule has 2 aromatic rings. The molecule has 4 rings (SSSR count). The van der Waals surface area contributed by atoms with Gasteiger partial charge in [0.1, 0.15) is 11.5 Å². The van der Waals surface area contributed by atoms with E-state index in [4.69, 9.17) is 11.6 Å². The number of piperazine rings is 1. The van der Waals surface area contributed by atoms with Gasteiger partial charge in [0.05, 0.1) is 29.7 Å². The van der Waals surface area contributed by atoms with Gasteiger partial charge in [-0.05, 0) is 13.3 Å². The van der Waals surface area contributed by atoms with E-state index >= 15 is 0 Å². The number of halogens is 1. The van der Waals surface area contributed by atoms with E-state index in [1.165, 1.54) is 6.20 Å². The maximum atomic E-state index is 12.5. The molecule has 0 saturated carbocycles. The molecule has 9 nitrogen and oxygen atoms in total. The normalized spacial score (nSPS) is 22.4. The van der Waals surface area contributed by atoms with Crippen LogP contribution in [0, 0.1) is 6.92 Å². The lowest BCUT2D eigenvalue weighted by atomic mass is 10.2. The second kappa shape index (κ2) is 5.59. The molecule has 0 aromatic carbocycles. The lowest BCUT2D eigenvalue weighted by Crippen LogP contribution is -2.51. The fraction of sp³-hybridized carbons (Fsp3) is 0.500. The summed E-state index contributed by atoms with van der Waals surface area (Å²) in [5.74, 6) is 1.02. The van der Waals surface area contributed by atoms with Crippen molar-refractivity contribution in [1.29, 1.82) is 0 Å². The Morgan fingerprint density at radius 3 is 2.62 bits per heavy atom. The number of nitrogens with one attached hydrogen (secondary N) is 2. The highest BCUT2D eigenvalue weighted by molar-refractivity contribution is 6.33. The number of hydrogen-bond acceptors (Lipinski definition) is 5. The van der Waals surface area contributed by atoms with E-state index in [-0.39, 0.29) is 30.3 Å². The lowest BCUT2D eigenvalue weighted by Gasteiger charge is -2.34. The molecule has 2 fully saturated rings. The number of fused-ring (bicyclic) bond motifs is 2. The van der Waals surface area contributed by atoms with E-state index in [2.05, 4.69) is 25.4 Å². The average molecular weight is 350 g/mol. The van der Waals surface area contributed by atoms with Crippen LogP contribution in [0.5, 0.6) is 0 Å². The van der Waals surface area contributed by atoms with Crippen molar-refractivity contribution >= 4 is 23.4 Å². The van der Waals surface area contributed by atoms with Crippen molar-refractivity contribution in [3.8, 4) is 0 Å². The molecular formula is C14H16ClN7O2. The first-order valence-corrected chi connectivity index (χ1v) is 8.08. The van der Waals surface area contributed by atoms with Gasteiger partial charge in [-0.2, -0.15) is 10.2 Å². The number of rotatable bonds is 3. The zero-order valence-electron chi connectivity index (χ0n) is 13.0. The maximum absolute atomic E-state index is 12.5. The monoisotopic (exact) mass is 349 g/mol. The summed E-state index contributed by atoms with van der Waals surface area (Å²) in [5.41, 5.74) is 0.304. The largest absolute Gasteiger partial charge is 0.335 e. The number of hydrogen-bond donors (Lipinski definition) is 2. The van der Waals surface area contributed by atoms with E-state index in [0.29, 0.717) is 35.5 Å². The minimum absolute atomic E-state index is 0.00632. The first-order chi connectivity index (χ1) is 11.5. The van der Waals surface area contributed by atoms with Gasteiger partial charge >= 0.3 is 0 Å². The number of likely N-dealkylation sites (tertiary alicyclic amines) is 2. The van der Waals surface area contributed by atoms with Gasteiger partial charge in [-0.15, -0.1) is 0 Å². The highest BCUT2D eigenvalue weighted by atomic mass is 35.5. The zero-order valence-corrected chi connectivity index (χ0v) is 13.7. The van der Waals surface area contributed by atoms with Crippen LogP contribution < -0.4 is 0 Å². The first-order valence-electron chi connectivity index (χ1n) is 7.70. The second-order valence-corrected chi connectivity index (χ2v) is 6.56. The third-order valence-electron chi connectivity index (χ3n) is 4.58. The molecule has 0 aliphatic carbocycles. The van der Waals surface area contributed by atoms with Crippen LogP contribution in [0.2, 0.25) is 5.02 Å². The topological polar surface area (TPSA) is 111 Å². The SMILES string of the molecule is Cc1nc(CC(=O)N2C[C@@H]3C[C@H]2CN3C(=O)c2[nH]ncc2Cl)n[nH]1. The van der Waals surface area contributed by atoms with E-state index in [0.717, 1.165) is 6.42 Å². The van der Waals surface area contributed by atoms with Crippen molar-refractivity contribution in [2.45, 2.75) is 31.8 Å². The molecule has 4 heterocycles. The molecule has 0 spiro atoms. The molecule has 2 atom stereocenters. The standard InChI is InChI=1S/C14H16ClN7O2/c1-7-17-11(19-18-7)3-12(23)21-5-9-2-8(21)6-22(9)14(24)13-10(15)4-16-20-13/h4,8-9H,2-3,5-6H2,1H3,(H,16,20)(H,17,18,19)/t8-,9-/m0/s1. The van der Waals surface area contributed by atoms with Crippen LogP contribution in [0.25, 0.3) is 0 Å². The number of H-pyrrole nitrogens is 2. The summed E-state index contributed by atoms with van der Waals surface area (Å²) >= 11 is 5.96. The Bertz CT molecular complexity index is 801. The summed E-state index contributed by atoms with van der Waals surface area (Å²) in [6, 6.07) is 0.0490. The van der Waals surface area contributed by atoms with Crippen LogP contribution in [0.15, 0.2) is 6.20 Å². The molecule has 2 amide bonds. The van der Waals surface area contributed by atoms with Crippen LogP contribution >= 0.6 is 11.6 Å². The Morgan fingerprint density at radius 2 is 2.04 bits per heavy atom. The Labute approximate surface area is 142 Å². The smallest absolute Gasteiger partial charge is 0.273 e. The van der Waals surface area contributed by atoms with Gasteiger partial charge in [0.2, 0.25) is 5.91 Å². The molecule has 2 bridgehead atoms. The van der Waals surface area contributed by atoms with Crippen molar-refractivity contribution in [3.05, 3.63) is 28.6 Å². The van der Waals surface area contributed by atoms with E-state index < -0.39 is 0 Å². The Kier molecular flexibility index (Phi) is 3.52. The molecule has 126 valence electrons. The Balaban J connectivity index is 1.42. The number of aromatic nitrogens is 5. The first kappa shape index (κ1) is 15.1. The number of aryl methyl sites for hydroxylation is 1. The zero-order chi connectivity index (χ0) is 16.8. The van der Waals surface area contributed by atoms with Crippen LogP contribution in [-0.2, 0) is 11.2 Å². The average Bonchev–Trinajstić information content (AvgIpc) is 3.30. The number of carbonyl (C=O) groups is 2. The summed E-state index contributed by atoms with van der Waals surface area (Å²) in [4.78, 5) is 32.8. The molecule has 2 aromatic heterocycles. The van der Waals surface area contributed by atoms with E-state index in [9.17, 15) is 9.59 Å². The van der Waals surface area contributed by atoms with E-state index in [1.807, 2.05) is 4.90 Å². The van der Waals surface area contributed by atoms with Gasteiger partial charge in [-0.1, -0.05) is 11.6 Å². The predicted octanol–water partition coefficient (Wildman–Crippen LogP) is 0.158. The predicted molar refractivity (Wildman–Crippen MR) is 83.4 cm³/mol. The summed E-state index contributed by atoms with van der Waals surface area (Å²) in [6.45, 7) is 2.84. The molecule has 24 heavy (non-hydrogen) atoms. The fourth-order valence-corrected chi connectivity index (χ4v) is 3.66. The highest BCUT2D eigenvalue weighted by Crippen LogP contribution is 2.32. The third-order valence-corrected chi connectivity index (χ3v) is 4.87. The Morgan fingerprint density at radius 1 is 1.29 bits per heavy atom. The highest BCUT2D eigenvalue weighted by Gasteiger charge is 2.47. The fourth-order valence-electron chi connectivity index (χ4n) is 3.49. The molecule has 0 unspecified atom stereocenters. The molecule has 2 saturated heterocycles. The minimum atomic E-state index is -0.165. The van der Waals surface area contributed by atoms with Crippen molar-refractivity contribution in [3.63, 3.8) is 0 Å². The van der Waals surface area contributed by atoms with Gasteiger partial charge in [-0.3, -0.25) is 19.8 Å². The summed E-state index contributed by atoms with van der Waals surface area (Å²) in [6.07, 6.45) is 2.38. The third kappa shape index (κ3) is 2.44. The van der Waals surface area contributed by atoms with Crippen LogP contribution in [0.1, 0.15) is 28.6 Å². The van der Waals surface area contributed by atoms with Gasteiger partial charge in [0.25, 0.3) is 5.91 Å². The summed E-state index contributed by atoms with van der Waals surface area (Å²) < 4.78 is 0. The molecule has 0 radical (unpaired) electrons. The van der Waals surface area contributed by atoms with Crippen molar-refractivity contribution in [1.82, 2.24) is 35.2 Å². The Hall–Kier alpha value is -2.42. The maximum Gasteiger partial charge on any atom is 0.273 e. The summed E-state index contributed by atoms with van der Waals surface area (Å²) in [5, 5.41) is 13.5. The van der Waals surface area contributed by atoms with Crippen LogP contribution in [0.4, 0.5) is 0 Å². The van der Waals surface area contributed by atoms with Crippen LogP contribution in [-0.4, -0.2) is 72.2 Å². The van der Waals surface area contributed by atoms with Crippen molar-refractivity contribution < 1.29 is 9.59 Å². The van der Waals surface area contributed by atoms with Crippen molar-refractivity contribution in [2.24, 2.45) is 0 Å². The van der Waals surface area contributed by atoms with Gasteiger partial charge in [0.15, 0.2) is 5.82 Å². The number of aromatic amines is 2. The molecule has 10 heteroatoms. The van der Waals surface area contributed by atoms with Gasteiger partial charge in [-0.25, -0.2) is 4.98 Å². The minimum Gasteiger partial charge on any atom is -0.335 e. The number of nitrogens with zero attached hydrogens (tertiary/aromatic N) is 5. The quantitative estimate of drug-likeness (QED) is 0.819. The van der Waals surface area contributed by atoms with Crippen LogP contribution in [0.3, 0.4) is 0 Å². The lowest BCUT2D eigenvalue weighted by molar-refractivity contribution is -0.132. The molecule has 2 N–H and O–H groups in total.